The number of anilines is 2. The summed E-state index contributed by atoms with van der Waals surface area (Å²) in [7, 11) is 0. The highest BCUT2D eigenvalue weighted by Crippen LogP contribution is 2.36. The topological polar surface area (TPSA) is 69.4 Å². The first kappa shape index (κ1) is 12.4. The molecule has 6 heteroatoms. The van der Waals surface area contributed by atoms with Crippen molar-refractivity contribution in [2.24, 2.45) is 0 Å². The second-order valence-electron chi connectivity index (χ2n) is 4.14. The predicted molar refractivity (Wildman–Crippen MR) is 69.8 cm³/mol. The summed E-state index contributed by atoms with van der Waals surface area (Å²) in [5.74, 6) is 1.13. The van der Waals surface area contributed by atoms with E-state index in [-0.39, 0.29) is 12.1 Å². The van der Waals surface area contributed by atoms with E-state index in [2.05, 4.69) is 16.6 Å². The largest absolute Gasteiger partial charge is 0.487 e. The summed E-state index contributed by atoms with van der Waals surface area (Å²) in [5.41, 5.74) is 5.76. The molecule has 0 radical (unpaired) electrons. The molecule has 0 aromatic carbocycles. The zero-order valence-electron chi connectivity index (χ0n) is 10.2. The van der Waals surface area contributed by atoms with Crippen molar-refractivity contribution in [2.75, 3.05) is 24.3 Å². The van der Waals surface area contributed by atoms with Crippen LogP contribution in [-0.2, 0) is 4.74 Å². The maximum atomic E-state index is 5.76. The Morgan fingerprint density at radius 1 is 1.71 bits per heavy atom. The lowest BCUT2D eigenvalue weighted by Gasteiger charge is -2.20. The molecule has 1 aliphatic rings. The van der Waals surface area contributed by atoms with Gasteiger partial charge in [0, 0.05) is 6.61 Å². The Labute approximate surface area is 105 Å². The second-order valence-corrected chi connectivity index (χ2v) is 4.92. The van der Waals surface area contributed by atoms with Crippen molar-refractivity contribution in [2.45, 2.75) is 38.8 Å². The van der Waals surface area contributed by atoms with Crippen molar-refractivity contribution in [1.82, 2.24) is 4.37 Å². The molecule has 17 heavy (non-hydrogen) atoms. The molecule has 1 fully saturated rings. The van der Waals surface area contributed by atoms with Gasteiger partial charge in [0.1, 0.15) is 0 Å². The van der Waals surface area contributed by atoms with Crippen LogP contribution in [0.4, 0.5) is 10.8 Å². The van der Waals surface area contributed by atoms with Crippen molar-refractivity contribution < 1.29 is 9.47 Å². The highest BCUT2D eigenvalue weighted by molar-refractivity contribution is 7.11. The zero-order valence-corrected chi connectivity index (χ0v) is 11.0. The van der Waals surface area contributed by atoms with E-state index >= 15 is 0 Å². The number of nitrogen functional groups attached to an aromatic ring is 1. The third-order valence-electron chi connectivity index (χ3n) is 2.84. The highest BCUT2D eigenvalue weighted by Gasteiger charge is 2.24. The lowest BCUT2D eigenvalue weighted by Crippen LogP contribution is -2.29. The molecular formula is C11H19N3O2S. The number of nitrogens with one attached hydrogen (secondary N) is 1. The Kier molecular flexibility index (Phi) is 4.06. The summed E-state index contributed by atoms with van der Waals surface area (Å²) in [6.45, 7) is 5.50. The van der Waals surface area contributed by atoms with E-state index in [1.807, 2.05) is 6.92 Å². The molecule has 96 valence electrons. The summed E-state index contributed by atoms with van der Waals surface area (Å²) in [4.78, 5) is 0. The summed E-state index contributed by atoms with van der Waals surface area (Å²) >= 11 is 1.34. The van der Waals surface area contributed by atoms with Gasteiger partial charge in [-0.05, 0) is 38.2 Å². The molecule has 2 atom stereocenters. The molecule has 0 saturated carbocycles. The third kappa shape index (κ3) is 2.81. The van der Waals surface area contributed by atoms with Crippen LogP contribution < -0.4 is 15.8 Å². The maximum absolute atomic E-state index is 5.76. The average molecular weight is 257 g/mol. The predicted octanol–water partition coefficient (Wildman–Crippen LogP) is 2.10. The van der Waals surface area contributed by atoms with E-state index in [1.165, 1.54) is 11.5 Å². The van der Waals surface area contributed by atoms with E-state index < -0.39 is 0 Å². The lowest BCUT2D eigenvalue weighted by molar-refractivity contribution is 0.0997. The van der Waals surface area contributed by atoms with Crippen molar-refractivity contribution in [3.8, 4) is 5.75 Å². The van der Waals surface area contributed by atoms with Crippen molar-refractivity contribution >= 4 is 22.4 Å². The minimum Gasteiger partial charge on any atom is -0.487 e. The number of hydrogen-bond donors (Lipinski definition) is 2. The van der Waals surface area contributed by atoms with Crippen LogP contribution in [0, 0.1) is 0 Å². The van der Waals surface area contributed by atoms with Gasteiger partial charge in [-0.2, -0.15) is 4.37 Å². The van der Waals surface area contributed by atoms with E-state index in [0.29, 0.717) is 18.2 Å². The molecule has 1 aromatic rings. The normalized spacial score (nSPS) is 21.4. The van der Waals surface area contributed by atoms with Gasteiger partial charge in [-0.3, -0.25) is 0 Å². The summed E-state index contributed by atoms with van der Waals surface area (Å²) < 4.78 is 15.2. The van der Waals surface area contributed by atoms with Gasteiger partial charge in [0.15, 0.2) is 16.6 Å². The van der Waals surface area contributed by atoms with Crippen LogP contribution in [-0.4, -0.2) is 29.7 Å². The molecule has 3 N–H and O–H groups in total. The standard InChI is InChI=1S/C11H19N3O2S/c1-3-15-9-10(12)14-17-11(9)13-7(2)8-5-4-6-16-8/h7-8,13H,3-6H2,1-2H3,(H2,12,14). The first-order chi connectivity index (χ1) is 8.22. The molecule has 0 bridgehead atoms. The Morgan fingerprint density at radius 2 is 2.53 bits per heavy atom. The number of aromatic nitrogens is 1. The maximum Gasteiger partial charge on any atom is 0.197 e. The number of nitrogens with zero attached hydrogens (tertiary/aromatic N) is 1. The minimum absolute atomic E-state index is 0.247. The van der Waals surface area contributed by atoms with Crippen molar-refractivity contribution in [1.29, 1.82) is 0 Å². The van der Waals surface area contributed by atoms with Gasteiger partial charge in [0.05, 0.1) is 18.8 Å². The summed E-state index contributed by atoms with van der Waals surface area (Å²) in [6.07, 6.45) is 2.51. The first-order valence-corrected chi connectivity index (χ1v) is 6.75. The van der Waals surface area contributed by atoms with Gasteiger partial charge in [-0.25, -0.2) is 0 Å². The van der Waals surface area contributed by atoms with Gasteiger partial charge < -0.3 is 20.5 Å². The molecule has 5 nitrogen and oxygen atoms in total. The van der Waals surface area contributed by atoms with Crippen LogP contribution in [0.15, 0.2) is 0 Å². The van der Waals surface area contributed by atoms with E-state index in [1.54, 1.807) is 0 Å². The smallest absolute Gasteiger partial charge is 0.197 e. The Morgan fingerprint density at radius 3 is 3.18 bits per heavy atom. The first-order valence-electron chi connectivity index (χ1n) is 5.98. The fourth-order valence-corrected chi connectivity index (χ4v) is 2.72. The molecule has 1 aliphatic heterocycles. The third-order valence-corrected chi connectivity index (χ3v) is 3.62. The van der Waals surface area contributed by atoms with E-state index in [4.69, 9.17) is 15.2 Å². The summed E-state index contributed by atoms with van der Waals surface area (Å²) in [5, 5.41) is 4.28. The minimum atomic E-state index is 0.247. The molecule has 2 heterocycles. The molecule has 0 amide bonds. The molecule has 2 unspecified atom stereocenters. The second kappa shape index (κ2) is 5.55. The van der Waals surface area contributed by atoms with E-state index in [0.717, 1.165) is 24.4 Å². The Bertz CT molecular complexity index is 364. The number of hydrogen-bond acceptors (Lipinski definition) is 6. The van der Waals surface area contributed by atoms with Gasteiger partial charge >= 0.3 is 0 Å². The fourth-order valence-electron chi connectivity index (χ4n) is 1.97. The van der Waals surface area contributed by atoms with Crippen LogP contribution >= 0.6 is 11.5 Å². The number of nitrogens with two attached hydrogens (primary N) is 1. The quantitative estimate of drug-likeness (QED) is 0.845. The van der Waals surface area contributed by atoms with Gasteiger partial charge in [-0.15, -0.1) is 0 Å². The van der Waals surface area contributed by atoms with Gasteiger partial charge in [0.25, 0.3) is 0 Å². The molecule has 2 rings (SSSR count). The molecule has 1 aromatic heterocycles. The molecule has 0 spiro atoms. The number of ether oxygens (including phenoxy) is 2. The Hall–Kier alpha value is -1.01. The van der Waals surface area contributed by atoms with E-state index in [9.17, 15) is 0 Å². The van der Waals surface area contributed by atoms with Gasteiger partial charge in [0.2, 0.25) is 0 Å². The molecule has 1 saturated heterocycles. The fraction of sp³-hybridized carbons (Fsp3) is 0.727. The van der Waals surface area contributed by atoms with Crippen LogP contribution in [0.25, 0.3) is 0 Å². The average Bonchev–Trinajstić information content (AvgIpc) is 2.93. The van der Waals surface area contributed by atoms with Crippen LogP contribution in [0.1, 0.15) is 26.7 Å². The van der Waals surface area contributed by atoms with Crippen molar-refractivity contribution in [3.05, 3.63) is 0 Å². The lowest BCUT2D eigenvalue weighted by atomic mass is 10.1. The highest BCUT2D eigenvalue weighted by atomic mass is 32.1. The Balaban J connectivity index is 2.01. The van der Waals surface area contributed by atoms with Crippen LogP contribution in [0.3, 0.4) is 0 Å². The zero-order chi connectivity index (χ0) is 12.3. The van der Waals surface area contributed by atoms with Crippen LogP contribution in [0.5, 0.6) is 5.75 Å². The van der Waals surface area contributed by atoms with Gasteiger partial charge in [-0.1, -0.05) is 0 Å². The monoisotopic (exact) mass is 257 g/mol. The van der Waals surface area contributed by atoms with Crippen molar-refractivity contribution in [3.63, 3.8) is 0 Å². The summed E-state index contributed by atoms with van der Waals surface area (Å²) in [6, 6.07) is 0.247. The SMILES string of the molecule is CCOc1c(N)nsc1NC(C)C1CCCO1. The molecule has 0 aliphatic carbocycles. The van der Waals surface area contributed by atoms with Crippen LogP contribution in [0.2, 0.25) is 0 Å². The number of rotatable bonds is 5. The molecular weight excluding hydrogens is 238 g/mol.